The molecule has 1 N–H and O–H groups in total. The van der Waals surface area contributed by atoms with Crippen LogP contribution in [0.2, 0.25) is 0 Å². The Kier molecular flexibility index (Phi) is 3.95. The van der Waals surface area contributed by atoms with Gasteiger partial charge in [-0.05, 0) is 30.3 Å². The van der Waals surface area contributed by atoms with Crippen LogP contribution >= 0.6 is 0 Å². The van der Waals surface area contributed by atoms with E-state index in [9.17, 15) is 0 Å². The van der Waals surface area contributed by atoms with Gasteiger partial charge in [-0.3, -0.25) is 0 Å². The first-order valence-corrected chi connectivity index (χ1v) is 5.67. The second-order valence-electron chi connectivity index (χ2n) is 3.90. The Morgan fingerprint density at radius 1 is 1.11 bits per heavy atom. The Balaban J connectivity index is 2.20. The van der Waals surface area contributed by atoms with Gasteiger partial charge in [-0.15, -0.1) is 0 Å². The molecular formula is C15H14N2O. The number of nitriles is 1. The maximum absolute atomic E-state index is 8.75. The normalized spacial score (nSPS) is 9.78. The van der Waals surface area contributed by atoms with Crippen molar-refractivity contribution in [2.45, 2.75) is 6.61 Å². The van der Waals surface area contributed by atoms with Gasteiger partial charge in [0.05, 0.1) is 18.2 Å². The quantitative estimate of drug-likeness (QED) is 0.887. The van der Waals surface area contributed by atoms with Crippen molar-refractivity contribution in [3.63, 3.8) is 0 Å². The van der Waals surface area contributed by atoms with Crippen LogP contribution in [0.4, 0.5) is 11.4 Å². The average Bonchev–Trinajstić information content (AvgIpc) is 2.42. The summed E-state index contributed by atoms with van der Waals surface area (Å²) in [6.07, 6.45) is 0. The van der Waals surface area contributed by atoms with Crippen LogP contribution in [0.15, 0.2) is 48.5 Å². The molecule has 0 saturated carbocycles. The minimum absolute atomic E-state index is 0.569. The molecule has 0 spiro atoms. The van der Waals surface area contributed by atoms with E-state index in [4.69, 9.17) is 10.00 Å². The Morgan fingerprint density at radius 3 is 2.50 bits per heavy atom. The molecule has 3 heteroatoms. The molecule has 0 aliphatic heterocycles. The summed E-state index contributed by atoms with van der Waals surface area (Å²) >= 11 is 0. The van der Waals surface area contributed by atoms with Crippen molar-refractivity contribution in [1.82, 2.24) is 0 Å². The number of rotatable bonds is 4. The van der Waals surface area contributed by atoms with Crippen molar-refractivity contribution in [3.8, 4) is 6.07 Å². The molecule has 90 valence electrons. The van der Waals surface area contributed by atoms with Crippen molar-refractivity contribution < 1.29 is 4.74 Å². The second kappa shape index (κ2) is 5.85. The molecule has 0 atom stereocenters. The molecule has 0 unspecified atom stereocenters. The fraction of sp³-hybridized carbons (Fsp3) is 0.133. The van der Waals surface area contributed by atoms with Crippen molar-refractivity contribution >= 4 is 11.4 Å². The van der Waals surface area contributed by atoms with Gasteiger partial charge >= 0.3 is 0 Å². The van der Waals surface area contributed by atoms with Gasteiger partial charge in [0.15, 0.2) is 0 Å². The van der Waals surface area contributed by atoms with Crippen molar-refractivity contribution in [2.24, 2.45) is 0 Å². The minimum Gasteiger partial charge on any atom is -0.380 e. The fourth-order valence-corrected chi connectivity index (χ4v) is 1.71. The second-order valence-corrected chi connectivity index (χ2v) is 3.90. The highest BCUT2D eigenvalue weighted by Gasteiger charge is 2.01. The molecular weight excluding hydrogens is 224 g/mol. The Morgan fingerprint density at radius 2 is 1.83 bits per heavy atom. The predicted octanol–water partition coefficient (Wildman–Crippen LogP) is 3.45. The smallest absolute Gasteiger partial charge is 0.0991 e. The molecule has 3 nitrogen and oxygen atoms in total. The van der Waals surface area contributed by atoms with Gasteiger partial charge in [-0.2, -0.15) is 5.26 Å². The third-order valence-corrected chi connectivity index (χ3v) is 2.61. The number of nitrogens with one attached hydrogen (secondary N) is 1. The minimum atomic E-state index is 0.569. The Bertz CT molecular complexity index is 555. The molecule has 0 saturated heterocycles. The van der Waals surface area contributed by atoms with Crippen LogP contribution in [0.25, 0.3) is 0 Å². The third-order valence-electron chi connectivity index (χ3n) is 2.61. The summed E-state index contributed by atoms with van der Waals surface area (Å²) in [5.74, 6) is 0. The van der Waals surface area contributed by atoms with Crippen LogP contribution < -0.4 is 5.32 Å². The van der Waals surface area contributed by atoms with E-state index in [1.807, 2.05) is 36.4 Å². The Labute approximate surface area is 107 Å². The highest BCUT2D eigenvalue weighted by molar-refractivity contribution is 5.63. The lowest BCUT2D eigenvalue weighted by atomic mass is 10.1. The highest BCUT2D eigenvalue weighted by atomic mass is 16.5. The number of anilines is 2. The highest BCUT2D eigenvalue weighted by Crippen LogP contribution is 2.21. The molecule has 0 aliphatic rings. The van der Waals surface area contributed by atoms with Crippen molar-refractivity contribution in [1.29, 1.82) is 5.26 Å². The molecule has 2 rings (SSSR count). The number of methoxy groups -OCH3 is 1. The summed E-state index contributed by atoms with van der Waals surface area (Å²) in [4.78, 5) is 0. The Hall–Kier alpha value is -2.31. The van der Waals surface area contributed by atoms with Gasteiger partial charge in [-0.1, -0.05) is 18.2 Å². The van der Waals surface area contributed by atoms with Crippen LogP contribution in [0, 0.1) is 11.3 Å². The van der Waals surface area contributed by atoms with E-state index in [0.717, 1.165) is 16.9 Å². The summed E-state index contributed by atoms with van der Waals surface area (Å²) in [5.41, 5.74) is 3.73. The molecule has 2 aromatic carbocycles. The van der Waals surface area contributed by atoms with E-state index in [1.54, 1.807) is 19.2 Å². The molecule has 2 aromatic rings. The van der Waals surface area contributed by atoms with Crippen molar-refractivity contribution in [2.75, 3.05) is 12.4 Å². The number of ether oxygens (including phenoxy) is 1. The zero-order chi connectivity index (χ0) is 12.8. The van der Waals surface area contributed by atoms with Gasteiger partial charge in [0.1, 0.15) is 0 Å². The summed E-state index contributed by atoms with van der Waals surface area (Å²) in [5, 5.41) is 12.1. The van der Waals surface area contributed by atoms with Gasteiger partial charge in [0, 0.05) is 24.0 Å². The van der Waals surface area contributed by atoms with Crippen LogP contribution in [-0.2, 0) is 11.3 Å². The first-order chi connectivity index (χ1) is 8.83. The summed E-state index contributed by atoms with van der Waals surface area (Å²) in [6, 6.07) is 17.5. The monoisotopic (exact) mass is 238 g/mol. The lowest BCUT2D eigenvalue weighted by Gasteiger charge is -2.11. The first-order valence-electron chi connectivity index (χ1n) is 5.67. The van der Waals surface area contributed by atoms with E-state index in [1.165, 1.54) is 0 Å². The zero-order valence-corrected chi connectivity index (χ0v) is 10.2. The lowest BCUT2D eigenvalue weighted by molar-refractivity contribution is 0.185. The summed E-state index contributed by atoms with van der Waals surface area (Å²) < 4.78 is 5.16. The van der Waals surface area contributed by atoms with E-state index in [2.05, 4.69) is 11.4 Å². The van der Waals surface area contributed by atoms with Gasteiger partial charge < -0.3 is 10.1 Å². The molecule has 0 fully saturated rings. The number of benzene rings is 2. The molecule has 0 radical (unpaired) electrons. The zero-order valence-electron chi connectivity index (χ0n) is 10.2. The maximum atomic E-state index is 8.75. The predicted molar refractivity (Wildman–Crippen MR) is 71.6 cm³/mol. The van der Waals surface area contributed by atoms with E-state index in [0.29, 0.717) is 12.2 Å². The lowest BCUT2D eigenvalue weighted by Crippen LogP contribution is -1.97. The van der Waals surface area contributed by atoms with Gasteiger partial charge in [-0.25, -0.2) is 0 Å². The topological polar surface area (TPSA) is 45.0 Å². The number of para-hydroxylation sites is 1. The standard InChI is InChI=1S/C15H14N2O/c1-18-11-13-4-2-3-5-15(13)17-14-8-6-12(10-16)7-9-14/h2-9,17H,11H2,1H3. The number of hydrogen-bond donors (Lipinski definition) is 1. The SMILES string of the molecule is COCc1ccccc1Nc1ccc(C#N)cc1. The molecule has 0 heterocycles. The summed E-state index contributed by atoms with van der Waals surface area (Å²) in [6.45, 7) is 0.569. The van der Waals surface area contributed by atoms with Crippen LogP contribution in [-0.4, -0.2) is 7.11 Å². The molecule has 0 bridgehead atoms. The van der Waals surface area contributed by atoms with Gasteiger partial charge in [0.25, 0.3) is 0 Å². The first kappa shape index (κ1) is 12.2. The number of hydrogen-bond acceptors (Lipinski definition) is 3. The summed E-state index contributed by atoms with van der Waals surface area (Å²) in [7, 11) is 1.68. The molecule has 0 aliphatic carbocycles. The number of nitrogens with zero attached hydrogens (tertiary/aromatic N) is 1. The molecule has 0 amide bonds. The van der Waals surface area contributed by atoms with Crippen molar-refractivity contribution in [3.05, 3.63) is 59.7 Å². The molecule has 0 aromatic heterocycles. The van der Waals surface area contributed by atoms with Crippen LogP contribution in [0.3, 0.4) is 0 Å². The largest absolute Gasteiger partial charge is 0.380 e. The fourth-order valence-electron chi connectivity index (χ4n) is 1.71. The van der Waals surface area contributed by atoms with Crippen LogP contribution in [0.1, 0.15) is 11.1 Å². The average molecular weight is 238 g/mol. The van der Waals surface area contributed by atoms with E-state index >= 15 is 0 Å². The molecule has 18 heavy (non-hydrogen) atoms. The maximum Gasteiger partial charge on any atom is 0.0991 e. The van der Waals surface area contributed by atoms with Gasteiger partial charge in [0.2, 0.25) is 0 Å². The third kappa shape index (κ3) is 2.88. The van der Waals surface area contributed by atoms with E-state index < -0.39 is 0 Å². The van der Waals surface area contributed by atoms with Crippen LogP contribution in [0.5, 0.6) is 0 Å². The van der Waals surface area contributed by atoms with E-state index in [-0.39, 0.29) is 0 Å².